The van der Waals surface area contributed by atoms with Gasteiger partial charge in [-0.3, -0.25) is 9.69 Å². The molecule has 140 valence electrons. The molecule has 1 aliphatic heterocycles. The Morgan fingerprint density at radius 2 is 2.00 bits per heavy atom. The Morgan fingerprint density at radius 1 is 1.23 bits per heavy atom. The van der Waals surface area contributed by atoms with Crippen LogP contribution in [-0.2, 0) is 16.1 Å². The van der Waals surface area contributed by atoms with Crippen molar-refractivity contribution in [2.75, 3.05) is 26.3 Å². The van der Waals surface area contributed by atoms with Gasteiger partial charge in [-0.15, -0.1) is 0 Å². The fourth-order valence-electron chi connectivity index (χ4n) is 3.24. The summed E-state index contributed by atoms with van der Waals surface area (Å²) in [6.45, 7) is 7.29. The number of rotatable bonds is 7. The highest BCUT2D eigenvalue weighted by Crippen LogP contribution is 2.29. The molecule has 0 bridgehead atoms. The molecule has 0 N–H and O–H groups in total. The summed E-state index contributed by atoms with van der Waals surface area (Å²) in [7, 11) is 0. The molecule has 3 rings (SSSR count). The second-order valence-electron chi connectivity index (χ2n) is 6.38. The molecular formula is C20H26N2O4. The monoisotopic (exact) mass is 358 g/mol. The summed E-state index contributed by atoms with van der Waals surface area (Å²) >= 11 is 0. The molecule has 0 aliphatic carbocycles. The molecule has 1 fully saturated rings. The van der Waals surface area contributed by atoms with Gasteiger partial charge in [0.05, 0.1) is 30.4 Å². The lowest BCUT2D eigenvalue weighted by Gasteiger charge is -2.30. The second-order valence-corrected chi connectivity index (χ2v) is 6.38. The first-order valence-electron chi connectivity index (χ1n) is 9.26. The molecule has 2 heterocycles. The van der Waals surface area contributed by atoms with Crippen LogP contribution < -0.4 is 4.74 Å². The van der Waals surface area contributed by atoms with Crippen LogP contribution in [0.5, 0.6) is 5.75 Å². The van der Waals surface area contributed by atoms with Gasteiger partial charge in [-0.05, 0) is 51.9 Å². The van der Waals surface area contributed by atoms with Gasteiger partial charge in [-0.1, -0.05) is 12.1 Å². The van der Waals surface area contributed by atoms with Gasteiger partial charge >= 0.3 is 5.97 Å². The van der Waals surface area contributed by atoms with E-state index in [0.717, 1.165) is 49.5 Å². The van der Waals surface area contributed by atoms with Crippen molar-refractivity contribution in [2.45, 2.75) is 33.2 Å². The zero-order valence-corrected chi connectivity index (χ0v) is 15.4. The number of hydrogen-bond donors (Lipinski definition) is 0. The molecule has 2 aromatic rings. The summed E-state index contributed by atoms with van der Waals surface area (Å²) in [5, 5.41) is 0. The maximum Gasteiger partial charge on any atom is 0.309 e. The van der Waals surface area contributed by atoms with E-state index in [4.69, 9.17) is 13.9 Å². The third-order valence-electron chi connectivity index (χ3n) is 4.56. The predicted octanol–water partition coefficient (Wildman–Crippen LogP) is 3.52. The summed E-state index contributed by atoms with van der Waals surface area (Å²) in [4.78, 5) is 18.7. The molecule has 0 unspecified atom stereocenters. The first kappa shape index (κ1) is 18.5. The second kappa shape index (κ2) is 8.85. The Hall–Kier alpha value is -2.34. The van der Waals surface area contributed by atoms with Gasteiger partial charge in [0.1, 0.15) is 12.0 Å². The molecule has 6 heteroatoms. The molecule has 6 nitrogen and oxygen atoms in total. The number of likely N-dealkylation sites (tertiary alicyclic amines) is 1. The van der Waals surface area contributed by atoms with Crippen molar-refractivity contribution in [3.63, 3.8) is 0 Å². The van der Waals surface area contributed by atoms with Crippen LogP contribution in [0.3, 0.4) is 0 Å². The fourth-order valence-corrected chi connectivity index (χ4v) is 3.24. The number of para-hydroxylation sites is 1. The van der Waals surface area contributed by atoms with Crippen LogP contribution in [0.15, 0.2) is 34.9 Å². The fraction of sp³-hybridized carbons (Fsp3) is 0.500. The highest BCUT2D eigenvalue weighted by molar-refractivity contribution is 5.72. The van der Waals surface area contributed by atoms with E-state index in [1.54, 1.807) is 6.26 Å². The van der Waals surface area contributed by atoms with Crippen molar-refractivity contribution in [3.05, 3.63) is 36.2 Å². The Labute approximate surface area is 154 Å². The Morgan fingerprint density at radius 3 is 2.73 bits per heavy atom. The lowest BCUT2D eigenvalue weighted by atomic mass is 9.97. The van der Waals surface area contributed by atoms with Crippen LogP contribution >= 0.6 is 0 Å². The van der Waals surface area contributed by atoms with E-state index in [1.807, 2.05) is 38.1 Å². The number of carbonyl (C=O) groups excluding carboxylic acids is 1. The maximum atomic E-state index is 11.8. The van der Waals surface area contributed by atoms with Crippen molar-refractivity contribution in [2.24, 2.45) is 5.92 Å². The molecule has 0 amide bonds. The first-order chi connectivity index (χ1) is 12.7. The van der Waals surface area contributed by atoms with Gasteiger partial charge in [0, 0.05) is 6.54 Å². The van der Waals surface area contributed by atoms with Crippen LogP contribution in [0.2, 0.25) is 0 Å². The number of oxazole rings is 1. The van der Waals surface area contributed by atoms with Gasteiger partial charge in [-0.2, -0.15) is 0 Å². The quantitative estimate of drug-likeness (QED) is 0.706. The summed E-state index contributed by atoms with van der Waals surface area (Å²) in [6.07, 6.45) is 3.36. The number of esters is 1. The van der Waals surface area contributed by atoms with E-state index in [-0.39, 0.29) is 11.9 Å². The van der Waals surface area contributed by atoms with Gasteiger partial charge in [0.25, 0.3) is 0 Å². The van der Waals surface area contributed by atoms with Crippen molar-refractivity contribution >= 4 is 5.97 Å². The van der Waals surface area contributed by atoms with Crippen LogP contribution in [0, 0.1) is 5.92 Å². The van der Waals surface area contributed by atoms with Crippen molar-refractivity contribution < 1.29 is 18.7 Å². The van der Waals surface area contributed by atoms with Crippen LogP contribution in [0.1, 0.15) is 32.4 Å². The number of carbonyl (C=O) groups is 1. The van der Waals surface area contributed by atoms with Crippen molar-refractivity contribution in [1.29, 1.82) is 0 Å². The van der Waals surface area contributed by atoms with E-state index >= 15 is 0 Å². The van der Waals surface area contributed by atoms with Gasteiger partial charge < -0.3 is 13.9 Å². The standard InChI is InChI=1S/C20H26N2O4/c1-3-24-18-8-6-5-7-17(18)19-21-16(14-26-19)13-22-11-9-15(10-12-22)20(23)25-4-2/h5-8,14-15H,3-4,9-13H2,1-2H3. The zero-order chi connectivity index (χ0) is 18.4. The number of hydrogen-bond acceptors (Lipinski definition) is 6. The highest BCUT2D eigenvalue weighted by Gasteiger charge is 2.26. The molecule has 1 aromatic carbocycles. The Balaban J connectivity index is 1.59. The SMILES string of the molecule is CCOC(=O)C1CCN(Cc2coc(-c3ccccc3OCC)n2)CC1. The maximum absolute atomic E-state index is 11.8. The minimum absolute atomic E-state index is 0.0251. The molecule has 0 spiro atoms. The Bertz CT molecular complexity index is 720. The number of nitrogens with zero attached hydrogens (tertiary/aromatic N) is 2. The molecule has 1 saturated heterocycles. The van der Waals surface area contributed by atoms with Crippen LogP contribution in [0.4, 0.5) is 0 Å². The molecular weight excluding hydrogens is 332 g/mol. The third-order valence-corrected chi connectivity index (χ3v) is 4.56. The minimum Gasteiger partial charge on any atom is -0.493 e. The minimum atomic E-state index is -0.0663. The van der Waals surface area contributed by atoms with E-state index in [9.17, 15) is 4.79 Å². The lowest BCUT2D eigenvalue weighted by molar-refractivity contribution is -0.149. The summed E-state index contributed by atoms with van der Waals surface area (Å²) in [5.74, 6) is 1.31. The highest BCUT2D eigenvalue weighted by atomic mass is 16.5. The zero-order valence-electron chi connectivity index (χ0n) is 15.4. The van der Waals surface area contributed by atoms with E-state index in [0.29, 0.717) is 19.1 Å². The number of aromatic nitrogens is 1. The van der Waals surface area contributed by atoms with Gasteiger partial charge in [-0.25, -0.2) is 4.98 Å². The van der Waals surface area contributed by atoms with Crippen LogP contribution in [-0.4, -0.2) is 42.2 Å². The van der Waals surface area contributed by atoms with Crippen LogP contribution in [0.25, 0.3) is 11.5 Å². The number of benzene rings is 1. The summed E-state index contributed by atoms with van der Waals surface area (Å²) in [6, 6.07) is 7.75. The molecule has 0 radical (unpaired) electrons. The topological polar surface area (TPSA) is 64.8 Å². The Kier molecular flexibility index (Phi) is 6.28. The largest absolute Gasteiger partial charge is 0.493 e. The van der Waals surface area contributed by atoms with Crippen molar-refractivity contribution in [1.82, 2.24) is 9.88 Å². The molecule has 0 saturated carbocycles. The summed E-state index contributed by atoms with van der Waals surface area (Å²) in [5.41, 5.74) is 1.75. The van der Waals surface area contributed by atoms with Gasteiger partial charge in [0.2, 0.25) is 5.89 Å². The van der Waals surface area contributed by atoms with E-state index in [2.05, 4.69) is 9.88 Å². The third kappa shape index (κ3) is 4.43. The van der Waals surface area contributed by atoms with E-state index in [1.165, 1.54) is 0 Å². The van der Waals surface area contributed by atoms with Crippen molar-refractivity contribution in [3.8, 4) is 17.2 Å². The van der Waals surface area contributed by atoms with Gasteiger partial charge in [0.15, 0.2) is 0 Å². The predicted molar refractivity (Wildman–Crippen MR) is 97.7 cm³/mol. The summed E-state index contributed by atoms with van der Waals surface area (Å²) < 4.78 is 16.5. The molecule has 26 heavy (non-hydrogen) atoms. The molecule has 1 aromatic heterocycles. The lowest BCUT2D eigenvalue weighted by Crippen LogP contribution is -2.36. The average Bonchev–Trinajstić information content (AvgIpc) is 3.11. The first-order valence-corrected chi connectivity index (χ1v) is 9.26. The van der Waals surface area contributed by atoms with E-state index < -0.39 is 0 Å². The average molecular weight is 358 g/mol. The normalized spacial score (nSPS) is 15.8. The molecule has 0 atom stereocenters. The smallest absolute Gasteiger partial charge is 0.309 e. The molecule has 1 aliphatic rings. The number of ether oxygens (including phenoxy) is 2. The number of piperidine rings is 1.